The second-order valence-electron chi connectivity index (χ2n) is 3.51. The van der Waals surface area contributed by atoms with Crippen molar-refractivity contribution in [3.63, 3.8) is 0 Å². The highest BCUT2D eigenvalue weighted by Gasteiger charge is 2.20. The number of nitrogens with one attached hydrogen (secondary N) is 1. The Balaban J connectivity index is 2.64. The summed E-state index contributed by atoms with van der Waals surface area (Å²) in [6, 6.07) is 4.09. The summed E-state index contributed by atoms with van der Waals surface area (Å²) in [5, 5.41) is 11.0. The van der Waals surface area contributed by atoms with Crippen molar-refractivity contribution in [3.05, 3.63) is 34.1 Å². The third-order valence-corrected chi connectivity index (χ3v) is 3.00. The number of carbonyl (C=O) groups is 2. The number of hydrogen-bond donors (Lipinski definition) is 2. The molecule has 0 bridgehead atoms. The van der Waals surface area contributed by atoms with Crippen molar-refractivity contribution >= 4 is 27.8 Å². The van der Waals surface area contributed by atoms with Crippen LogP contribution in [0.3, 0.4) is 0 Å². The number of halogens is 2. The first-order valence-corrected chi connectivity index (χ1v) is 5.65. The smallest absolute Gasteiger partial charge is 0.315 e. The number of carbonyl (C=O) groups excluding carboxylic acids is 1. The van der Waals surface area contributed by atoms with Crippen molar-refractivity contribution in [2.24, 2.45) is 5.92 Å². The quantitative estimate of drug-likeness (QED) is 0.835. The zero-order chi connectivity index (χ0) is 13.0. The fourth-order valence-corrected chi connectivity index (χ4v) is 1.51. The normalized spacial score (nSPS) is 11.9. The number of amides is 1. The molecule has 0 aliphatic carbocycles. The average molecular weight is 304 g/mol. The van der Waals surface area contributed by atoms with Gasteiger partial charge in [0.05, 0.1) is 0 Å². The molecule has 1 rings (SSSR count). The van der Waals surface area contributed by atoms with E-state index in [-0.39, 0.29) is 6.54 Å². The van der Waals surface area contributed by atoms with Crippen LogP contribution in [0.15, 0.2) is 22.7 Å². The van der Waals surface area contributed by atoms with Crippen LogP contribution in [0.5, 0.6) is 0 Å². The molecule has 0 heterocycles. The molecule has 0 radical (unpaired) electrons. The number of carboxylic acids is 1. The highest BCUT2D eigenvalue weighted by Crippen LogP contribution is 2.17. The highest BCUT2D eigenvalue weighted by molar-refractivity contribution is 9.10. The first-order chi connectivity index (χ1) is 7.91. The molecule has 4 nitrogen and oxygen atoms in total. The largest absolute Gasteiger partial charge is 0.481 e. The Labute approximate surface area is 106 Å². The molecule has 1 amide bonds. The molecule has 6 heteroatoms. The van der Waals surface area contributed by atoms with Gasteiger partial charge in [-0.2, -0.15) is 0 Å². The Hall–Kier alpha value is -1.43. The van der Waals surface area contributed by atoms with Crippen molar-refractivity contribution in [2.75, 3.05) is 0 Å². The lowest BCUT2D eigenvalue weighted by Gasteiger charge is -2.09. The van der Waals surface area contributed by atoms with Crippen LogP contribution in [0, 0.1) is 11.7 Å². The van der Waals surface area contributed by atoms with Gasteiger partial charge < -0.3 is 10.4 Å². The van der Waals surface area contributed by atoms with Crippen LogP contribution in [-0.4, -0.2) is 17.0 Å². The average Bonchev–Trinajstić information content (AvgIpc) is 2.28. The maximum Gasteiger partial charge on any atom is 0.315 e. The second-order valence-corrected chi connectivity index (χ2v) is 4.37. The third kappa shape index (κ3) is 3.81. The van der Waals surface area contributed by atoms with Crippen LogP contribution in [-0.2, 0) is 16.1 Å². The van der Waals surface area contributed by atoms with Gasteiger partial charge in [-0.15, -0.1) is 0 Å². The standard InChI is InChI=1S/C11H11BrFNO3/c1-6(11(16)17)10(15)14-5-7-4-8(13)2-3-9(7)12/h2-4,6H,5H2,1H3,(H,14,15)(H,16,17). The molecule has 0 spiro atoms. The van der Waals surface area contributed by atoms with Crippen LogP contribution < -0.4 is 5.32 Å². The minimum absolute atomic E-state index is 0.0782. The van der Waals surface area contributed by atoms with E-state index in [0.29, 0.717) is 10.0 Å². The van der Waals surface area contributed by atoms with Gasteiger partial charge in [-0.25, -0.2) is 4.39 Å². The molecule has 0 saturated carbocycles. The molecule has 2 N–H and O–H groups in total. The van der Waals surface area contributed by atoms with E-state index in [1.807, 2.05) is 0 Å². The van der Waals surface area contributed by atoms with Gasteiger partial charge in [0.1, 0.15) is 11.7 Å². The maximum absolute atomic E-state index is 12.9. The molecule has 0 aliphatic heterocycles. The zero-order valence-electron chi connectivity index (χ0n) is 9.04. The van der Waals surface area contributed by atoms with E-state index in [0.717, 1.165) is 0 Å². The lowest BCUT2D eigenvalue weighted by atomic mass is 10.1. The topological polar surface area (TPSA) is 66.4 Å². The second kappa shape index (κ2) is 5.77. The monoisotopic (exact) mass is 303 g/mol. The number of aliphatic carboxylic acids is 1. The zero-order valence-corrected chi connectivity index (χ0v) is 10.6. The van der Waals surface area contributed by atoms with Crippen LogP contribution >= 0.6 is 15.9 Å². The van der Waals surface area contributed by atoms with Gasteiger partial charge in [0.15, 0.2) is 0 Å². The van der Waals surface area contributed by atoms with Gasteiger partial charge in [-0.05, 0) is 30.7 Å². The maximum atomic E-state index is 12.9. The van der Waals surface area contributed by atoms with Gasteiger partial charge in [0.25, 0.3) is 0 Å². The summed E-state index contributed by atoms with van der Waals surface area (Å²) < 4.78 is 13.6. The van der Waals surface area contributed by atoms with E-state index in [9.17, 15) is 14.0 Å². The summed E-state index contributed by atoms with van der Waals surface area (Å²) in [6.07, 6.45) is 0. The van der Waals surface area contributed by atoms with Crippen molar-refractivity contribution in [3.8, 4) is 0 Å². The summed E-state index contributed by atoms with van der Waals surface area (Å²) in [4.78, 5) is 21.9. The van der Waals surface area contributed by atoms with Gasteiger partial charge in [-0.3, -0.25) is 9.59 Å². The van der Waals surface area contributed by atoms with E-state index in [4.69, 9.17) is 5.11 Å². The van der Waals surface area contributed by atoms with Crippen LogP contribution in [0.1, 0.15) is 12.5 Å². The Bertz CT molecular complexity index is 450. The Morgan fingerprint density at radius 3 is 2.76 bits per heavy atom. The number of benzene rings is 1. The summed E-state index contributed by atoms with van der Waals surface area (Å²) in [7, 11) is 0. The minimum Gasteiger partial charge on any atom is -0.481 e. The molecule has 17 heavy (non-hydrogen) atoms. The summed E-state index contributed by atoms with van der Waals surface area (Å²) >= 11 is 3.21. The molecule has 0 saturated heterocycles. The summed E-state index contributed by atoms with van der Waals surface area (Å²) in [5.74, 6) is -3.33. The van der Waals surface area contributed by atoms with Gasteiger partial charge in [0.2, 0.25) is 5.91 Å². The van der Waals surface area contributed by atoms with Crippen molar-refractivity contribution < 1.29 is 19.1 Å². The van der Waals surface area contributed by atoms with E-state index in [1.54, 1.807) is 0 Å². The first-order valence-electron chi connectivity index (χ1n) is 4.86. The van der Waals surface area contributed by atoms with E-state index < -0.39 is 23.6 Å². The molecular weight excluding hydrogens is 293 g/mol. The molecule has 0 aliphatic rings. The molecule has 0 aromatic heterocycles. The first kappa shape index (κ1) is 13.6. The van der Waals surface area contributed by atoms with Crippen molar-refractivity contribution in [1.82, 2.24) is 5.32 Å². The minimum atomic E-state index is -1.19. The van der Waals surface area contributed by atoms with Crippen molar-refractivity contribution in [1.29, 1.82) is 0 Å². The van der Waals surface area contributed by atoms with Gasteiger partial charge >= 0.3 is 5.97 Å². The predicted molar refractivity (Wildman–Crippen MR) is 62.7 cm³/mol. The highest BCUT2D eigenvalue weighted by atomic mass is 79.9. The fraction of sp³-hybridized carbons (Fsp3) is 0.273. The van der Waals surface area contributed by atoms with E-state index in [2.05, 4.69) is 21.2 Å². The molecule has 1 unspecified atom stereocenters. The number of rotatable bonds is 4. The molecule has 0 fully saturated rings. The third-order valence-electron chi connectivity index (χ3n) is 2.22. The van der Waals surface area contributed by atoms with E-state index >= 15 is 0 Å². The number of carboxylic acid groups (broad SMARTS) is 1. The summed E-state index contributed by atoms with van der Waals surface area (Å²) in [6.45, 7) is 1.37. The molecule has 1 atom stereocenters. The molecular formula is C11H11BrFNO3. The number of hydrogen-bond acceptors (Lipinski definition) is 2. The van der Waals surface area contributed by atoms with Gasteiger partial charge in [0, 0.05) is 11.0 Å². The molecule has 92 valence electrons. The lowest BCUT2D eigenvalue weighted by molar-refractivity contribution is -0.146. The van der Waals surface area contributed by atoms with Crippen molar-refractivity contribution in [2.45, 2.75) is 13.5 Å². The lowest BCUT2D eigenvalue weighted by Crippen LogP contribution is -2.33. The molecule has 1 aromatic carbocycles. The summed E-state index contributed by atoms with van der Waals surface area (Å²) in [5.41, 5.74) is 0.552. The van der Waals surface area contributed by atoms with Gasteiger partial charge in [-0.1, -0.05) is 15.9 Å². The Morgan fingerprint density at radius 2 is 2.18 bits per heavy atom. The Morgan fingerprint density at radius 1 is 1.53 bits per heavy atom. The van der Waals surface area contributed by atoms with Crippen LogP contribution in [0.25, 0.3) is 0 Å². The van der Waals surface area contributed by atoms with E-state index in [1.165, 1.54) is 25.1 Å². The molecule has 1 aromatic rings. The van der Waals surface area contributed by atoms with Crippen LogP contribution in [0.4, 0.5) is 4.39 Å². The fourth-order valence-electron chi connectivity index (χ4n) is 1.13. The Kier molecular flexibility index (Phi) is 4.62. The SMILES string of the molecule is CC(C(=O)O)C(=O)NCc1cc(F)ccc1Br. The predicted octanol–water partition coefficient (Wildman–Crippen LogP) is 1.93. The van der Waals surface area contributed by atoms with Crippen LogP contribution in [0.2, 0.25) is 0 Å².